The van der Waals surface area contributed by atoms with Crippen molar-refractivity contribution in [2.45, 2.75) is 6.42 Å². The summed E-state index contributed by atoms with van der Waals surface area (Å²) in [6.45, 7) is 0. The monoisotopic (exact) mass is 698 g/mol. The van der Waals surface area contributed by atoms with Crippen LogP contribution < -0.4 is 4.74 Å². The first-order chi connectivity index (χ1) is 26.8. The number of fused-ring (bicyclic) bond motifs is 1. The third-order valence-corrected chi connectivity index (χ3v) is 8.02. The van der Waals surface area contributed by atoms with Crippen molar-refractivity contribution in [1.29, 1.82) is 0 Å². The Morgan fingerprint density at radius 1 is 0.222 bits per heavy atom. The first-order valence-corrected chi connectivity index (χ1v) is 18.2. The Bertz CT molecular complexity index is 1940. The first kappa shape index (κ1) is 38.3. The highest BCUT2D eigenvalue weighted by molar-refractivity contribution is 5.82. The summed E-state index contributed by atoms with van der Waals surface area (Å²) in [5, 5.41) is 2.62. The van der Waals surface area contributed by atoms with Gasteiger partial charge in [0.15, 0.2) is 0 Å². The summed E-state index contributed by atoms with van der Waals surface area (Å²) in [5.74, 6) is 1.74. The molecule has 0 aliphatic rings. The molecule has 9 rings (SSSR count). The van der Waals surface area contributed by atoms with Crippen molar-refractivity contribution in [3.8, 4) is 22.6 Å². The first-order valence-electron chi connectivity index (χ1n) is 18.2. The third kappa shape index (κ3) is 14.7. The Morgan fingerprint density at radius 3 is 0.741 bits per heavy atom. The molecule has 0 saturated heterocycles. The summed E-state index contributed by atoms with van der Waals surface area (Å²) >= 11 is 0. The van der Waals surface area contributed by atoms with Gasteiger partial charge in [-0.05, 0) is 63.7 Å². The van der Waals surface area contributed by atoms with Crippen LogP contribution in [0.1, 0.15) is 11.1 Å². The van der Waals surface area contributed by atoms with Crippen molar-refractivity contribution in [1.82, 2.24) is 0 Å². The van der Waals surface area contributed by atoms with Crippen LogP contribution in [0.15, 0.2) is 267 Å². The van der Waals surface area contributed by atoms with Gasteiger partial charge in [-0.1, -0.05) is 243 Å². The highest BCUT2D eigenvalue weighted by Crippen LogP contribution is 2.20. The molecule has 0 aliphatic carbocycles. The molecule has 0 bridgehead atoms. The highest BCUT2D eigenvalue weighted by atomic mass is 16.5. The van der Waals surface area contributed by atoms with Gasteiger partial charge in [-0.2, -0.15) is 0 Å². The molecule has 0 unspecified atom stereocenters. The van der Waals surface area contributed by atoms with Crippen LogP contribution in [0.25, 0.3) is 21.9 Å². The predicted octanol–water partition coefficient (Wildman–Crippen LogP) is 14.6. The van der Waals surface area contributed by atoms with Crippen molar-refractivity contribution in [3.63, 3.8) is 0 Å². The molecule has 0 spiro atoms. The van der Waals surface area contributed by atoms with E-state index in [4.69, 9.17) is 4.74 Å². The largest absolute Gasteiger partial charge is 0.457 e. The lowest BCUT2D eigenvalue weighted by molar-refractivity contribution is 0.482. The van der Waals surface area contributed by atoms with Crippen molar-refractivity contribution in [2.75, 3.05) is 0 Å². The third-order valence-electron chi connectivity index (χ3n) is 8.02. The molecule has 0 atom stereocenters. The molecule has 0 radical (unpaired) electrons. The number of rotatable bonds is 5. The number of benzene rings is 9. The SMILES string of the molecule is c1ccc(-c2ccccc2)cc1.c1ccc(Cc2ccccc2)cc1.c1ccc(Oc2ccccc2)cc1.c1ccc2ccccc2c1.c1ccccc1. The van der Waals surface area contributed by atoms with E-state index in [0.29, 0.717) is 0 Å². The summed E-state index contributed by atoms with van der Waals surface area (Å²) in [6.07, 6.45) is 1.03. The van der Waals surface area contributed by atoms with Crippen LogP contribution in [0, 0.1) is 0 Å². The van der Waals surface area contributed by atoms with E-state index in [2.05, 4.69) is 158 Å². The maximum atomic E-state index is 5.58. The van der Waals surface area contributed by atoms with Gasteiger partial charge in [0.1, 0.15) is 11.5 Å². The smallest absolute Gasteiger partial charge is 0.127 e. The molecule has 0 fully saturated rings. The summed E-state index contributed by atoms with van der Waals surface area (Å²) < 4.78 is 5.58. The van der Waals surface area contributed by atoms with Gasteiger partial charge in [-0.15, -0.1) is 0 Å². The van der Waals surface area contributed by atoms with Crippen LogP contribution in [0.3, 0.4) is 0 Å². The van der Waals surface area contributed by atoms with Gasteiger partial charge in [-0.25, -0.2) is 0 Å². The molecule has 0 aromatic heterocycles. The predicted molar refractivity (Wildman–Crippen MR) is 231 cm³/mol. The Hall–Kier alpha value is -6.96. The van der Waals surface area contributed by atoms with Crippen molar-refractivity contribution in [3.05, 3.63) is 278 Å². The van der Waals surface area contributed by atoms with Crippen LogP contribution in [0.2, 0.25) is 0 Å². The summed E-state index contributed by atoms with van der Waals surface area (Å²) in [5.41, 5.74) is 5.29. The van der Waals surface area contributed by atoms with Crippen molar-refractivity contribution in [2.24, 2.45) is 0 Å². The quantitative estimate of drug-likeness (QED) is 0.174. The fourth-order valence-corrected chi connectivity index (χ4v) is 5.32. The maximum Gasteiger partial charge on any atom is 0.127 e. The maximum absolute atomic E-state index is 5.58. The molecule has 0 heterocycles. The lowest BCUT2D eigenvalue weighted by atomic mass is 10.1. The van der Waals surface area contributed by atoms with E-state index in [-0.39, 0.29) is 0 Å². The lowest BCUT2D eigenvalue weighted by Crippen LogP contribution is -1.85. The molecular formula is C53H46O. The molecule has 1 nitrogen and oxygen atoms in total. The van der Waals surface area contributed by atoms with Gasteiger partial charge in [-0.3, -0.25) is 0 Å². The summed E-state index contributed by atoms with van der Waals surface area (Å²) in [6, 6.07) is 90.1. The Morgan fingerprint density at radius 2 is 0.444 bits per heavy atom. The fraction of sp³-hybridized carbons (Fsp3) is 0.0189. The van der Waals surface area contributed by atoms with E-state index in [1.165, 1.54) is 33.0 Å². The molecule has 9 aromatic carbocycles. The van der Waals surface area contributed by atoms with E-state index in [0.717, 1.165) is 17.9 Å². The molecule has 9 aromatic rings. The Balaban J connectivity index is 0.000000132. The summed E-state index contributed by atoms with van der Waals surface area (Å²) in [7, 11) is 0. The van der Waals surface area contributed by atoms with Crippen LogP contribution >= 0.6 is 0 Å². The fourth-order valence-electron chi connectivity index (χ4n) is 5.32. The van der Waals surface area contributed by atoms with Gasteiger partial charge < -0.3 is 4.74 Å². The normalized spacial score (nSPS) is 9.56. The lowest BCUT2D eigenvalue weighted by Gasteiger charge is -2.03. The second kappa shape index (κ2) is 23.5. The zero-order valence-corrected chi connectivity index (χ0v) is 30.5. The van der Waals surface area contributed by atoms with E-state index in [9.17, 15) is 0 Å². The van der Waals surface area contributed by atoms with Crippen molar-refractivity contribution >= 4 is 10.8 Å². The molecule has 0 amide bonds. The van der Waals surface area contributed by atoms with Gasteiger partial charge in [0, 0.05) is 0 Å². The molecule has 0 aliphatic heterocycles. The van der Waals surface area contributed by atoms with Gasteiger partial charge in [0.05, 0.1) is 0 Å². The second-order valence-electron chi connectivity index (χ2n) is 12.1. The van der Waals surface area contributed by atoms with Crippen LogP contribution in [-0.2, 0) is 6.42 Å². The zero-order valence-electron chi connectivity index (χ0n) is 30.5. The van der Waals surface area contributed by atoms with Gasteiger partial charge in [0.25, 0.3) is 0 Å². The number of hydrogen-bond acceptors (Lipinski definition) is 1. The average molecular weight is 699 g/mol. The zero-order chi connectivity index (χ0) is 37.1. The van der Waals surface area contributed by atoms with Gasteiger partial charge in [0.2, 0.25) is 0 Å². The highest BCUT2D eigenvalue weighted by Gasteiger charge is 1.94. The van der Waals surface area contributed by atoms with Crippen molar-refractivity contribution < 1.29 is 4.74 Å². The minimum atomic E-state index is 0.869. The molecular weight excluding hydrogens is 653 g/mol. The van der Waals surface area contributed by atoms with Crippen LogP contribution in [-0.4, -0.2) is 0 Å². The van der Waals surface area contributed by atoms with Crippen LogP contribution in [0.4, 0.5) is 0 Å². The van der Waals surface area contributed by atoms with Crippen LogP contribution in [0.5, 0.6) is 11.5 Å². The number of hydrogen-bond donors (Lipinski definition) is 0. The molecule has 0 N–H and O–H groups in total. The molecule has 1 heteroatoms. The second-order valence-corrected chi connectivity index (χ2v) is 12.1. The van der Waals surface area contributed by atoms with E-state index in [1.54, 1.807) is 0 Å². The van der Waals surface area contributed by atoms with Gasteiger partial charge >= 0.3 is 0 Å². The topological polar surface area (TPSA) is 9.23 Å². The Labute approximate surface area is 321 Å². The number of ether oxygens (including phenoxy) is 1. The van der Waals surface area contributed by atoms with E-state index < -0.39 is 0 Å². The molecule has 0 saturated carbocycles. The Kier molecular flexibility index (Phi) is 16.7. The van der Waals surface area contributed by atoms with E-state index in [1.807, 2.05) is 109 Å². The number of para-hydroxylation sites is 2. The molecule has 54 heavy (non-hydrogen) atoms. The summed E-state index contributed by atoms with van der Waals surface area (Å²) in [4.78, 5) is 0. The standard InChI is InChI=1S/C13H12.C12H10O.C12H10.C10H8.C6H6/c1-3-7-12(8-4-1)11-13-9-5-2-6-10-13;1-3-7-11(8-4-1)13-12-9-5-2-6-10-12;1-3-7-11(8-4-1)12-9-5-2-6-10-12;1-2-6-10-8-4-3-7-9(10)5-1;1-2-4-6-5-3-1/h1-10H,11H2;1-10H;1-10H;1-8H;1-6H. The molecule has 264 valence electrons. The van der Waals surface area contributed by atoms with E-state index >= 15 is 0 Å². The minimum Gasteiger partial charge on any atom is -0.457 e. The average Bonchev–Trinajstić information content (AvgIpc) is 3.27. The minimum absolute atomic E-state index is 0.869.